The van der Waals surface area contributed by atoms with E-state index in [9.17, 15) is 9.59 Å². The van der Waals surface area contributed by atoms with Crippen LogP contribution in [-0.4, -0.2) is 25.0 Å². The van der Waals surface area contributed by atoms with Crippen molar-refractivity contribution >= 4 is 11.9 Å². The zero-order valence-corrected chi connectivity index (χ0v) is 21.0. The largest absolute Gasteiger partial charge is 0.466 e. The van der Waals surface area contributed by atoms with Crippen molar-refractivity contribution in [1.29, 1.82) is 0 Å². The van der Waals surface area contributed by atoms with Gasteiger partial charge in [-0.1, -0.05) is 117 Å². The van der Waals surface area contributed by atoms with Gasteiger partial charge < -0.3 is 10.1 Å². The third kappa shape index (κ3) is 25.1. The molecule has 1 N–H and O–H groups in total. The van der Waals surface area contributed by atoms with E-state index in [0.717, 1.165) is 25.7 Å². The number of hydrogen-bond donors (Lipinski definition) is 1. The van der Waals surface area contributed by atoms with E-state index >= 15 is 0 Å². The van der Waals surface area contributed by atoms with Gasteiger partial charge in [0, 0.05) is 19.4 Å². The van der Waals surface area contributed by atoms with Crippen molar-refractivity contribution in [2.75, 3.05) is 13.2 Å². The first-order chi connectivity index (χ1) is 15.2. The van der Waals surface area contributed by atoms with Gasteiger partial charge >= 0.3 is 5.97 Å². The van der Waals surface area contributed by atoms with E-state index < -0.39 is 0 Å². The van der Waals surface area contributed by atoms with Crippen LogP contribution in [0.15, 0.2) is 0 Å². The lowest BCUT2D eigenvalue weighted by Crippen LogP contribution is -2.25. The number of rotatable bonds is 24. The molecule has 0 aliphatic rings. The zero-order valence-electron chi connectivity index (χ0n) is 21.0. The topological polar surface area (TPSA) is 55.4 Å². The van der Waals surface area contributed by atoms with Gasteiger partial charge in [-0.3, -0.25) is 9.59 Å². The summed E-state index contributed by atoms with van der Waals surface area (Å²) < 4.78 is 5.27. The Morgan fingerprint density at radius 3 is 1.45 bits per heavy atom. The van der Waals surface area contributed by atoms with Gasteiger partial charge in [0.15, 0.2) is 0 Å². The molecule has 0 bridgehead atoms. The average molecular weight is 440 g/mol. The van der Waals surface area contributed by atoms with Crippen molar-refractivity contribution in [3.63, 3.8) is 0 Å². The molecular weight excluding hydrogens is 386 g/mol. The van der Waals surface area contributed by atoms with Crippen molar-refractivity contribution in [2.24, 2.45) is 0 Å². The van der Waals surface area contributed by atoms with Crippen LogP contribution in [0.2, 0.25) is 0 Å². The van der Waals surface area contributed by atoms with Crippen LogP contribution < -0.4 is 5.32 Å². The Labute approximate surface area is 193 Å². The van der Waals surface area contributed by atoms with Gasteiger partial charge in [0.1, 0.15) is 0 Å². The second-order valence-electron chi connectivity index (χ2n) is 9.08. The maximum atomic E-state index is 11.8. The van der Waals surface area contributed by atoms with Crippen molar-refractivity contribution in [2.45, 2.75) is 149 Å². The lowest BCUT2D eigenvalue weighted by molar-refractivity contribution is -0.143. The molecule has 4 nitrogen and oxygen atoms in total. The minimum atomic E-state index is -0.0935. The number of carbonyl (C=O) groups is 2. The normalized spacial score (nSPS) is 10.9. The van der Waals surface area contributed by atoms with Crippen LogP contribution >= 0.6 is 0 Å². The molecule has 31 heavy (non-hydrogen) atoms. The average Bonchev–Trinajstić information content (AvgIpc) is 2.76. The summed E-state index contributed by atoms with van der Waals surface area (Å²) in [7, 11) is 0. The molecule has 0 heterocycles. The van der Waals surface area contributed by atoms with Gasteiger partial charge in [0.2, 0.25) is 5.91 Å². The third-order valence-corrected chi connectivity index (χ3v) is 5.90. The van der Waals surface area contributed by atoms with Crippen LogP contribution in [0.4, 0.5) is 0 Å². The first kappa shape index (κ1) is 29.9. The van der Waals surface area contributed by atoms with Crippen LogP contribution in [0.1, 0.15) is 149 Å². The molecule has 0 saturated heterocycles. The van der Waals surface area contributed by atoms with Crippen LogP contribution in [-0.2, 0) is 14.3 Å². The summed E-state index contributed by atoms with van der Waals surface area (Å²) in [5, 5.41) is 2.94. The Kier molecular flexibility index (Phi) is 24.3. The summed E-state index contributed by atoms with van der Waals surface area (Å²) in [4.78, 5) is 23.6. The van der Waals surface area contributed by atoms with Crippen LogP contribution in [0.3, 0.4) is 0 Å². The highest BCUT2D eigenvalue weighted by atomic mass is 16.5. The Bertz CT molecular complexity index is 362. The van der Waals surface area contributed by atoms with E-state index in [0.29, 0.717) is 32.4 Å². The van der Waals surface area contributed by atoms with Crippen molar-refractivity contribution in [3.8, 4) is 0 Å². The summed E-state index contributed by atoms with van der Waals surface area (Å²) in [5.41, 5.74) is 0. The highest BCUT2D eigenvalue weighted by Gasteiger charge is 2.04. The highest BCUT2D eigenvalue weighted by Crippen LogP contribution is 2.11. The fraction of sp³-hybridized carbons (Fsp3) is 0.926. The number of hydrogen-bond acceptors (Lipinski definition) is 3. The third-order valence-electron chi connectivity index (χ3n) is 5.90. The summed E-state index contributed by atoms with van der Waals surface area (Å²) in [5.74, 6) is 0.0351. The Balaban J connectivity index is 3.28. The van der Waals surface area contributed by atoms with E-state index in [2.05, 4.69) is 19.2 Å². The predicted molar refractivity (Wildman–Crippen MR) is 132 cm³/mol. The summed E-state index contributed by atoms with van der Waals surface area (Å²) in [6.07, 6.45) is 24.5. The molecule has 0 radical (unpaired) electrons. The number of ether oxygens (including phenoxy) is 1. The summed E-state index contributed by atoms with van der Waals surface area (Å²) in [6, 6.07) is 0. The maximum absolute atomic E-state index is 11.8. The second kappa shape index (κ2) is 25.2. The van der Waals surface area contributed by atoms with Gasteiger partial charge in [-0.15, -0.1) is 0 Å². The summed E-state index contributed by atoms with van der Waals surface area (Å²) >= 11 is 0. The van der Waals surface area contributed by atoms with Crippen molar-refractivity contribution < 1.29 is 14.3 Å². The maximum Gasteiger partial charge on any atom is 0.305 e. The van der Waals surface area contributed by atoms with E-state index in [1.807, 2.05) is 0 Å². The predicted octanol–water partition coefficient (Wildman–Crippen LogP) is 7.88. The zero-order chi connectivity index (χ0) is 22.8. The van der Waals surface area contributed by atoms with Gasteiger partial charge in [0.25, 0.3) is 0 Å². The number of carbonyl (C=O) groups excluding carboxylic acids is 2. The summed E-state index contributed by atoms with van der Waals surface area (Å²) in [6.45, 7) is 5.50. The monoisotopic (exact) mass is 439 g/mol. The van der Waals surface area contributed by atoms with Gasteiger partial charge in [-0.25, -0.2) is 0 Å². The Morgan fingerprint density at radius 1 is 0.548 bits per heavy atom. The molecule has 0 unspecified atom stereocenters. The molecule has 0 aromatic heterocycles. The van der Waals surface area contributed by atoms with Gasteiger partial charge in [-0.05, 0) is 19.3 Å². The molecule has 0 rings (SSSR count). The minimum absolute atomic E-state index is 0.0935. The van der Waals surface area contributed by atoms with Crippen LogP contribution in [0, 0.1) is 0 Å². The van der Waals surface area contributed by atoms with E-state index in [-0.39, 0.29) is 11.9 Å². The van der Waals surface area contributed by atoms with E-state index in [1.165, 1.54) is 89.9 Å². The molecule has 184 valence electrons. The first-order valence-corrected chi connectivity index (χ1v) is 13.6. The minimum Gasteiger partial charge on any atom is -0.466 e. The highest BCUT2D eigenvalue weighted by molar-refractivity contribution is 5.75. The van der Waals surface area contributed by atoms with E-state index in [1.54, 1.807) is 0 Å². The van der Waals surface area contributed by atoms with Gasteiger partial charge in [0.05, 0.1) is 6.61 Å². The number of unbranched alkanes of at least 4 members (excludes halogenated alkanes) is 16. The molecule has 0 aromatic carbocycles. The molecule has 1 amide bonds. The SMILES string of the molecule is CCCCCCCCCCCC(=O)NCCCOC(=O)CCCCCCCCCCC. The Morgan fingerprint density at radius 2 is 0.968 bits per heavy atom. The van der Waals surface area contributed by atoms with Crippen LogP contribution in [0.25, 0.3) is 0 Å². The van der Waals surface area contributed by atoms with Gasteiger partial charge in [-0.2, -0.15) is 0 Å². The van der Waals surface area contributed by atoms with E-state index in [4.69, 9.17) is 4.74 Å². The molecule has 0 aliphatic heterocycles. The second-order valence-corrected chi connectivity index (χ2v) is 9.08. The molecule has 0 fully saturated rings. The quantitative estimate of drug-likeness (QED) is 0.123. The number of nitrogens with one attached hydrogen (secondary N) is 1. The standard InChI is InChI=1S/C27H53NO3/c1-3-5-7-9-11-13-15-17-19-22-26(29)28-24-21-25-31-27(30)23-20-18-16-14-12-10-8-6-4-2/h3-25H2,1-2H3,(H,28,29). The smallest absolute Gasteiger partial charge is 0.305 e. The lowest BCUT2D eigenvalue weighted by atomic mass is 10.1. The molecular formula is C27H53NO3. The molecule has 0 aromatic rings. The molecule has 0 saturated carbocycles. The molecule has 0 spiro atoms. The number of esters is 1. The van der Waals surface area contributed by atoms with Crippen molar-refractivity contribution in [1.82, 2.24) is 5.32 Å². The van der Waals surface area contributed by atoms with Crippen LogP contribution in [0.5, 0.6) is 0 Å². The molecule has 4 heteroatoms. The molecule has 0 atom stereocenters. The van der Waals surface area contributed by atoms with Crippen molar-refractivity contribution in [3.05, 3.63) is 0 Å². The lowest BCUT2D eigenvalue weighted by Gasteiger charge is -2.07. The first-order valence-electron chi connectivity index (χ1n) is 13.6. The number of amides is 1. The molecule has 0 aliphatic carbocycles. The fourth-order valence-electron chi connectivity index (χ4n) is 3.82. The fourth-order valence-corrected chi connectivity index (χ4v) is 3.82. The Hall–Kier alpha value is -1.06.